The van der Waals surface area contributed by atoms with Crippen LogP contribution in [0.3, 0.4) is 0 Å². The third kappa shape index (κ3) is 3.12. The topological polar surface area (TPSA) is 62.3 Å². The van der Waals surface area contributed by atoms with Crippen molar-refractivity contribution in [2.75, 3.05) is 16.9 Å². The SMILES string of the molecule is O=C(Nc1cccnc1)C1CSCN1C(=O)c1ccccc1. The first-order chi connectivity index (χ1) is 10.8. The van der Waals surface area contributed by atoms with E-state index in [1.807, 2.05) is 18.2 Å². The minimum Gasteiger partial charge on any atom is -0.323 e. The smallest absolute Gasteiger partial charge is 0.255 e. The van der Waals surface area contributed by atoms with E-state index in [1.165, 1.54) is 0 Å². The van der Waals surface area contributed by atoms with Gasteiger partial charge in [-0.05, 0) is 24.3 Å². The summed E-state index contributed by atoms with van der Waals surface area (Å²) in [6, 6.07) is 12.1. The van der Waals surface area contributed by atoms with E-state index in [1.54, 1.807) is 53.3 Å². The summed E-state index contributed by atoms with van der Waals surface area (Å²) in [6.45, 7) is 0. The van der Waals surface area contributed by atoms with Crippen molar-refractivity contribution in [3.05, 3.63) is 60.4 Å². The predicted molar refractivity (Wildman–Crippen MR) is 86.6 cm³/mol. The molecule has 5 nitrogen and oxygen atoms in total. The number of benzene rings is 1. The number of nitrogens with zero attached hydrogens (tertiary/aromatic N) is 2. The first kappa shape index (κ1) is 14.6. The van der Waals surface area contributed by atoms with Gasteiger partial charge in [0.25, 0.3) is 5.91 Å². The largest absolute Gasteiger partial charge is 0.323 e. The molecule has 2 amide bonds. The molecule has 1 fully saturated rings. The van der Waals surface area contributed by atoms with E-state index in [-0.39, 0.29) is 11.8 Å². The summed E-state index contributed by atoms with van der Waals surface area (Å²) < 4.78 is 0. The van der Waals surface area contributed by atoms with Gasteiger partial charge in [-0.15, -0.1) is 11.8 Å². The zero-order valence-electron chi connectivity index (χ0n) is 11.8. The molecule has 6 heteroatoms. The Morgan fingerprint density at radius 2 is 2.00 bits per heavy atom. The number of thioether (sulfide) groups is 1. The fraction of sp³-hybridized carbons (Fsp3) is 0.188. The Morgan fingerprint density at radius 3 is 2.73 bits per heavy atom. The van der Waals surface area contributed by atoms with Gasteiger partial charge in [0.15, 0.2) is 0 Å². The summed E-state index contributed by atoms with van der Waals surface area (Å²) in [5.41, 5.74) is 1.24. The van der Waals surface area contributed by atoms with Crippen molar-refractivity contribution in [1.82, 2.24) is 9.88 Å². The number of rotatable bonds is 3. The fourth-order valence-electron chi connectivity index (χ4n) is 2.27. The van der Waals surface area contributed by atoms with Gasteiger partial charge >= 0.3 is 0 Å². The van der Waals surface area contributed by atoms with Crippen LogP contribution in [0.1, 0.15) is 10.4 Å². The van der Waals surface area contributed by atoms with Gasteiger partial charge < -0.3 is 10.2 Å². The second-order valence-corrected chi connectivity index (χ2v) is 5.89. The molecule has 112 valence electrons. The van der Waals surface area contributed by atoms with Crippen LogP contribution in [0.25, 0.3) is 0 Å². The highest BCUT2D eigenvalue weighted by Gasteiger charge is 2.35. The van der Waals surface area contributed by atoms with Crippen molar-refractivity contribution in [1.29, 1.82) is 0 Å². The fourth-order valence-corrected chi connectivity index (χ4v) is 3.42. The second-order valence-electron chi connectivity index (χ2n) is 4.89. The first-order valence-corrected chi connectivity index (χ1v) is 8.06. The molecule has 0 spiro atoms. The lowest BCUT2D eigenvalue weighted by Gasteiger charge is -2.23. The average Bonchev–Trinajstić information content (AvgIpc) is 3.05. The molecule has 0 saturated carbocycles. The monoisotopic (exact) mass is 313 g/mol. The summed E-state index contributed by atoms with van der Waals surface area (Å²) in [7, 11) is 0. The Kier molecular flexibility index (Phi) is 4.39. The third-order valence-corrected chi connectivity index (χ3v) is 4.41. The van der Waals surface area contributed by atoms with Gasteiger partial charge in [0.05, 0.1) is 17.8 Å². The molecular weight excluding hydrogens is 298 g/mol. The molecule has 1 aromatic carbocycles. The maximum absolute atomic E-state index is 12.5. The van der Waals surface area contributed by atoms with Gasteiger partial charge in [0, 0.05) is 17.5 Å². The Bertz CT molecular complexity index is 664. The van der Waals surface area contributed by atoms with Gasteiger partial charge in [-0.25, -0.2) is 0 Å². The average molecular weight is 313 g/mol. The van der Waals surface area contributed by atoms with Crippen molar-refractivity contribution in [3.63, 3.8) is 0 Å². The molecule has 0 aliphatic carbocycles. The van der Waals surface area contributed by atoms with Crippen molar-refractivity contribution < 1.29 is 9.59 Å². The quantitative estimate of drug-likeness (QED) is 0.944. The summed E-state index contributed by atoms with van der Waals surface area (Å²) >= 11 is 1.58. The number of carbonyl (C=O) groups is 2. The maximum atomic E-state index is 12.5. The van der Waals surface area contributed by atoms with Crippen LogP contribution >= 0.6 is 11.8 Å². The number of hydrogen-bond acceptors (Lipinski definition) is 4. The highest BCUT2D eigenvalue weighted by Crippen LogP contribution is 2.24. The first-order valence-electron chi connectivity index (χ1n) is 6.90. The van der Waals surface area contributed by atoms with Gasteiger partial charge in [0.1, 0.15) is 6.04 Å². The van der Waals surface area contributed by atoms with Crippen LogP contribution in [-0.4, -0.2) is 39.4 Å². The Balaban J connectivity index is 1.73. The molecule has 2 aromatic rings. The molecule has 1 aromatic heterocycles. The zero-order chi connectivity index (χ0) is 15.4. The standard InChI is InChI=1S/C16H15N3O2S/c20-15(18-13-7-4-8-17-9-13)14-10-22-11-19(14)16(21)12-5-2-1-3-6-12/h1-9,14H,10-11H2,(H,18,20). The number of amides is 2. The lowest BCUT2D eigenvalue weighted by atomic mass is 10.1. The molecule has 0 radical (unpaired) electrons. The lowest BCUT2D eigenvalue weighted by Crippen LogP contribution is -2.44. The predicted octanol–water partition coefficient (Wildman–Crippen LogP) is 2.24. The van der Waals surface area contributed by atoms with Crippen LogP contribution in [0, 0.1) is 0 Å². The molecule has 1 aliphatic heterocycles. The molecule has 1 saturated heterocycles. The maximum Gasteiger partial charge on any atom is 0.255 e. The summed E-state index contributed by atoms with van der Waals surface area (Å²) in [5, 5.41) is 2.81. The second kappa shape index (κ2) is 6.62. The van der Waals surface area contributed by atoms with E-state index in [4.69, 9.17) is 0 Å². The molecule has 1 atom stereocenters. The number of anilines is 1. The Hall–Kier alpha value is -2.34. The molecule has 1 unspecified atom stereocenters. The normalized spacial score (nSPS) is 17.3. The highest BCUT2D eigenvalue weighted by atomic mass is 32.2. The van der Waals surface area contributed by atoms with Crippen molar-refractivity contribution in [3.8, 4) is 0 Å². The summed E-state index contributed by atoms with van der Waals surface area (Å²) in [6.07, 6.45) is 3.23. The van der Waals surface area contributed by atoms with E-state index in [2.05, 4.69) is 10.3 Å². The summed E-state index contributed by atoms with van der Waals surface area (Å²) in [4.78, 5) is 30.5. The molecular formula is C16H15N3O2S. The van der Waals surface area contributed by atoms with Gasteiger partial charge in [-0.3, -0.25) is 14.6 Å². The molecule has 1 N–H and O–H groups in total. The number of nitrogens with one attached hydrogen (secondary N) is 1. The van der Waals surface area contributed by atoms with Crippen LogP contribution in [-0.2, 0) is 4.79 Å². The highest BCUT2D eigenvalue weighted by molar-refractivity contribution is 7.99. The van der Waals surface area contributed by atoms with Crippen LogP contribution in [0.15, 0.2) is 54.9 Å². The summed E-state index contributed by atoms with van der Waals surface area (Å²) in [5.74, 6) is 0.836. The third-order valence-electron chi connectivity index (χ3n) is 3.40. The van der Waals surface area contributed by atoms with Crippen LogP contribution in [0.5, 0.6) is 0 Å². The van der Waals surface area contributed by atoms with Gasteiger partial charge in [-0.2, -0.15) is 0 Å². The van der Waals surface area contributed by atoms with Crippen molar-refractivity contribution in [2.45, 2.75) is 6.04 Å². The van der Waals surface area contributed by atoms with Gasteiger partial charge in [-0.1, -0.05) is 18.2 Å². The Morgan fingerprint density at radius 1 is 1.18 bits per heavy atom. The van der Waals surface area contributed by atoms with Crippen molar-refractivity contribution >= 4 is 29.3 Å². The van der Waals surface area contributed by atoms with E-state index in [0.717, 1.165) is 0 Å². The van der Waals surface area contributed by atoms with Crippen molar-refractivity contribution in [2.24, 2.45) is 0 Å². The van der Waals surface area contributed by atoms with Gasteiger partial charge in [0.2, 0.25) is 5.91 Å². The Labute approximate surface area is 132 Å². The molecule has 1 aliphatic rings. The number of hydrogen-bond donors (Lipinski definition) is 1. The van der Waals surface area contributed by atoms with Crippen LogP contribution in [0.4, 0.5) is 5.69 Å². The minimum atomic E-state index is -0.460. The lowest BCUT2D eigenvalue weighted by molar-refractivity contribution is -0.119. The minimum absolute atomic E-state index is 0.114. The molecule has 22 heavy (non-hydrogen) atoms. The number of pyridine rings is 1. The zero-order valence-corrected chi connectivity index (χ0v) is 12.6. The van der Waals surface area contributed by atoms with E-state index in [0.29, 0.717) is 22.9 Å². The van der Waals surface area contributed by atoms with E-state index >= 15 is 0 Å². The van der Waals surface area contributed by atoms with E-state index in [9.17, 15) is 9.59 Å². The van der Waals surface area contributed by atoms with Crippen LogP contribution < -0.4 is 5.32 Å². The molecule has 2 heterocycles. The number of aromatic nitrogens is 1. The van der Waals surface area contributed by atoms with E-state index < -0.39 is 6.04 Å². The van der Waals surface area contributed by atoms with Crippen LogP contribution in [0.2, 0.25) is 0 Å². The number of carbonyl (C=O) groups excluding carboxylic acids is 2. The molecule has 0 bridgehead atoms. The molecule has 3 rings (SSSR count).